The van der Waals surface area contributed by atoms with E-state index in [1.54, 1.807) is 112 Å². The summed E-state index contributed by atoms with van der Waals surface area (Å²) < 4.78 is 31.2. The number of aliphatic hydroxyl groups excluding tert-OH is 1. The Morgan fingerprint density at radius 2 is 1.38 bits per heavy atom. The second-order valence-electron chi connectivity index (χ2n) is 17.5. The molecule has 3 aromatic rings. The summed E-state index contributed by atoms with van der Waals surface area (Å²) in [6.07, 6.45) is -5.36. The molecule has 1 aliphatic heterocycles. The lowest BCUT2D eigenvalue weighted by Gasteiger charge is -2.67. The van der Waals surface area contributed by atoms with E-state index >= 15 is 0 Å². The molecule has 0 aromatic heterocycles. The molecule has 3 fully saturated rings. The lowest BCUT2D eigenvalue weighted by Crippen LogP contribution is -2.78. The molecule has 1 heterocycles. The van der Waals surface area contributed by atoms with Crippen LogP contribution in [0.5, 0.6) is 0 Å². The van der Waals surface area contributed by atoms with Gasteiger partial charge in [-0.05, 0) is 72.6 Å². The number of hydrogen-bond donors (Lipinski definition) is 3. The van der Waals surface area contributed by atoms with Crippen LogP contribution in [-0.2, 0) is 38.1 Å². The Morgan fingerprint density at radius 3 is 1.95 bits per heavy atom. The number of aliphatic hydroxyl groups is 2. The summed E-state index contributed by atoms with van der Waals surface area (Å²) in [5, 5.41) is 28.3. The monoisotopic (exact) mass is 823 g/mol. The van der Waals surface area contributed by atoms with Crippen LogP contribution in [0.1, 0.15) is 99.5 Å². The van der Waals surface area contributed by atoms with Crippen molar-refractivity contribution in [2.24, 2.45) is 16.7 Å². The van der Waals surface area contributed by atoms with Crippen molar-refractivity contribution in [1.29, 1.82) is 0 Å². The van der Waals surface area contributed by atoms with Gasteiger partial charge < -0.3 is 39.2 Å². The molecular weight excluding hydrogens is 771 g/mol. The molecule has 13 heteroatoms. The molecule has 318 valence electrons. The highest BCUT2D eigenvalue weighted by molar-refractivity contribution is 5.95. The lowest BCUT2D eigenvalue weighted by molar-refractivity contribution is -0.339. The molecule has 60 heavy (non-hydrogen) atoms. The highest BCUT2D eigenvalue weighted by Gasteiger charge is 2.74. The third-order valence-electron chi connectivity index (χ3n) is 13.4. The maximum Gasteiger partial charge on any atom is 0.338 e. The SMILES string of the molecule is CC(=O)O[C@H]1C[C@]2(C)CC[C@H]3OC[C@@]3(OC(C)=O)[C@H]2[C@H](OC(=O)c2ccccc2)[C@]2(O)C[C@H](OC(=O)[C@H](O)[C@@H](NC(=O)c3ccccc3)c3ccccc3)C(C)=C1C2(C)C. The molecule has 2 saturated carbocycles. The van der Waals surface area contributed by atoms with Crippen LogP contribution in [0.3, 0.4) is 0 Å². The lowest BCUT2D eigenvalue weighted by atomic mass is 9.45. The number of nitrogens with one attached hydrogen (secondary N) is 1. The number of rotatable bonds is 10. The summed E-state index contributed by atoms with van der Waals surface area (Å²) in [5.74, 6) is -4.45. The molecule has 1 amide bonds. The van der Waals surface area contributed by atoms with Crippen molar-refractivity contribution in [1.82, 2.24) is 5.32 Å². The van der Waals surface area contributed by atoms with E-state index in [1.807, 2.05) is 6.92 Å². The molecule has 0 radical (unpaired) electrons. The number of carbonyl (C=O) groups excluding carboxylic acids is 5. The summed E-state index contributed by atoms with van der Waals surface area (Å²) in [7, 11) is 0. The molecule has 0 spiro atoms. The van der Waals surface area contributed by atoms with Gasteiger partial charge in [-0.2, -0.15) is 0 Å². The Hall–Kier alpha value is -5.37. The Balaban J connectivity index is 1.34. The fraction of sp³-hybridized carbons (Fsp3) is 0.468. The number of amides is 1. The highest BCUT2D eigenvalue weighted by Crippen LogP contribution is 2.65. The number of benzene rings is 3. The van der Waals surface area contributed by atoms with Crippen LogP contribution in [0.2, 0.25) is 0 Å². The summed E-state index contributed by atoms with van der Waals surface area (Å²) >= 11 is 0. The number of esters is 4. The van der Waals surface area contributed by atoms with E-state index in [9.17, 15) is 34.2 Å². The second-order valence-corrected chi connectivity index (χ2v) is 17.5. The minimum Gasteiger partial charge on any atom is -0.458 e. The number of ether oxygens (including phenoxy) is 5. The molecule has 2 bridgehead atoms. The Bertz CT molecular complexity index is 2160. The van der Waals surface area contributed by atoms with Crippen molar-refractivity contribution in [3.05, 3.63) is 119 Å². The summed E-state index contributed by atoms with van der Waals surface area (Å²) in [5.41, 5.74) is -3.76. The van der Waals surface area contributed by atoms with E-state index in [0.29, 0.717) is 35.1 Å². The number of carbonyl (C=O) groups is 5. The van der Waals surface area contributed by atoms with E-state index in [4.69, 9.17) is 23.7 Å². The maximum absolute atomic E-state index is 14.3. The van der Waals surface area contributed by atoms with Gasteiger partial charge >= 0.3 is 23.9 Å². The van der Waals surface area contributed by atoms with Gasteiger partial charge in [0, 0.05) is 37.2 Å². The summed E-state index contributed by atoms with van der Waals surface area (Å²) in [4.78, 5) is 67.9. The van der Waals surface area contributed by atoms with Gasteiger partial charge in [0.2, 0.25) is 0 Å². The zero-order valence-electron chi connectivity index (χ0n) is 34.7. The predicted molar refractivity (Wildman–Crippen MR) is 216 cm³/mol. The Labute approximate surface area is 349 Å². The van der Waals surface area contributed by atoms with E-state index in [1.165, 1.54) is 13.8 Å². The molecule has 13 nitrogen and oxygen atoms in total. The van der Waals surface area contributed by atoms with Gasteiger partial charge in [-0.3, -0.25) is 14.4 Å². The first kappa shape index (κ1) is 42.7. The van der Waals surface area contributed by atoms with Crippen LogP contribution in [0.4, 0.5) is 0 Å². The topological polar surface area (TPSA) is 184 Å². The third kappa shape index (κ3) is 7.52. The quantitative estimate of drug-likeness (QED) is 0.131. The minimum atomic E-state index is -2.10. The molecule has 0 unspecified atom stereocenters. The molecule has 7 rings (SSSR count). The smallest absolute Gasteiger partial charge is 0.338 e. The fourth-order valence-corrected chi connectivity index (χ4v) is 10.5. The van der Waals surface area contributed by atoms with E-state index in [2.05, 4.69) is 5.32 Å². The Kier molecular flexibility index (Phi) is 11.6. The van der Waals surface area contributed by atoms with Crippen LogP contribution in [0.25, 0.3) is 0 Å². The minimum absolute atomic E-state index is 0.0342. The molecule has 3 aliphatic carbocycles. The molecule has 10 atom stereocenters. The van der Waals surface area contributed by atoms with Gasteiger partial charge in [-0.1, -0.05) is 87.5 Å². The average molecular weight is 824 g/mol. The zero-order valence-corrected chi connectivity index (χ0v) is 34.7. The second kappa shape index (κ2) is 16.2. The molecule has 1 saturated heterocycles. The summed E-state index contributed by atoms with van der Waals surface area (Å²) in [6.45, 7) is 9.77. The van der Waals surface area contributed by atoms with Gasteiger partial charge in [0.05, 0.1) is 18.2 Å². The average Bonchev–Trinajstić information content (AvgIpc) is 3.20. The number of hydrogen-bond acceptors (Lipinski definition) is 12. The normalized spacial score (nSPS) is 31.2. The third-order valence-corrected chi connectivity index (χ3v) is 13.4. The van der Waals surface area contributed by atoms with Crippen molar-refractivity contribution in [3.63, 3.8) is 0 Å². The van der Waals surface area contributed by atoms with Gasteiger partial charge in [-0.25, -0.2) is 9.59 Å². The molecular formula is C47H53NO12. The van der Waals surface area contributed by atoms with Gasteiger partial charge in [-0.15, -0.1) is 0 Å². The molecule has 3 N–H and O–H groups in total. The predicted octanol–water partition coefficient (Wildman–Crippen LogP) is 5.59. The van der Waals surface area contributed by atoms with Crippen molar-refractivity contribution >= 4 is 29.8 Å². The van der Waals surface area contributed by atoms with Crippen molar-refractivity contribution in [2.45, 2.75) is 115 Å². The van der Waals surface area contributed by atoms with E-state index in [0.717, 1.165) is 0 Å². The zero-order chi connectivity index (χ0) is 43.2. The van der Waals surface area contributed by atoms with Gasteiger partial charge in [0.25, 0.3) is 5.91 Å². The largest absolute Gasteiger partial charge is 0.458 e. The van der Waals surface area contributed by atoms with Crippen LogP contribution in [0, 0.1) is 16.7 Å². The van der Waals surface area contributed by atoms with Gasteiger partial charge in [0.15, 0.2) is 11.7 Å². The molecule has 4 aliphatic rings. The van der Waals surface area contributed by atoms with Crippen molar-refractivity contribution in [3.8, 4) is 0 Å². The van der Waals surface area contributed by atoms with Crippen molar-refractivity contribution in [2.75, 3.05) is 6.61 Å². The molecule has 3 aromatic carbocycles. The van der Waals surface area contributed by atoms with Crippen LogP contribution in [-0.4, -0.2) is 88.3 Å². The van der Waals surface area contributed by atoms with E-state index < -0.39 is 94.3 Å². The first-order chi connectivity index (χ1) is 28.4. The summed E-state index contributed by atoms with van der Waals surface area (Å²) in [6, 6.07) is 23.9. The Morgan fingerprint density at radius 1 is 0.783 bits per heavy atom. The van der Waals surface area contributed by atoms with Crippen molar-refractivity contribution < 1.29 is 57.9 Å². The van der Waals surface area contributed by atoms with E-state index in [-0.39, 0.29) is 25.0 Å². The maximum atomic E-state index is 14.3. The van der Waals surface area contributed by atoms with Crippen LogP contribution < -0.4 is 5.32 Å². The first-order valence-corrected chi connectivity index (χ1v) is 20.4. The van der Waals surface area contributed by atoms with Crippen LogP contribution >= 0.6 is 0 Å². The first-order valence-electron chi connectivity index (χ1n) is 20.4. The number of fused-ring (bicyclic) bond motifs is 5. The van der Waals surface area contributed by atoms with Crippen LogP contribution in [0.15, 0.2) is 102 Å². The standard InChI is InChI=1S/C47H53NO12/c1-27-33(58-43(54)38(51)37(30-16-10-7-11-17-30)48-41(52)31-18-12-8-13-19-31)25-47(55)40(59-42(53)32-20-14-9-15-21-32)39-45(6,23-22-35-46(39,26-56-35)60-29(3)50)24-34(57-28(2)49)36(27)44(47,4)5/h7-21,33-35,37-40,51,55H,22-26H2,1-6H3,(H,48,52)/t33-,34-,35+,37-,38+,39-,40-,45-,46-,47+/m0/s1. The highest BCUT2D eigenvalue weighted by atomic mass is 16.6. The van der Waals surface area contributed by atoms with Gasteiger partial charge in [0.1, 0.15) is 30.0 Å². The fourth-order valence-electron chi connectivity index (χ4n) is 10.5.